The van der Waals surface area contributed by atoms with Gasteiger partial charge in [0.25, 0.3) is 0 Å². The Balaban J connectivity index is 2.46. The molecule has 19 heavy (non-hydrogen) atoms. The van der Waals surface area contributed by atoms with Crippen molar-refractivity contribution in [2.45, 2.75) is 26.4 Å². The number of aromatic nitrogens is 2. The number of rotatable bonds is 2. The van der Waals surface area contributed by atoms with E-state index in [1.54, 1.807) is 6.92 Å². The second-order valence-corrected chi connectivity index (χ2v) is 5.38. The van der Waals surface area contributed by atoms with Gasteiger partial charge in [-0.1, -0.05) is 11.6 Å². The maximum absolute atomic E-state index is 11.1. The third-order valence-electron chi connectivity index (χ3n) is 2.84. The number of halogens is 1. The molecule has 0 unspecified atom stereocenters. The molecule has 7 nitrogen and oxygen atoms in total. The van der Waals surface area contributed by atoms with Gasteiger partial charge in [0.15, 0.2) is 0 Å². The summed E-state index contributed by atoms with van der Waals surface area (Å²) in [5.41, 5.74) is -0.623. The summed E-state index contributed by atoms with van der Waals surface area (Å²) in [5, 5.41) is 11.0. The number of hydrogen-bond donors (Lipinski definition) is 0. The van der Waals surface area contributed by atoms with Gasteiger partial charge in [0.1, 0.15) is 5.82 Å². The Hall–Kier alpha value is -1.47. The number of hydrogen-bond acceptors (Lipinski definition) is 6. The van der Waals surface area contributed by atoms with Gasteiger partial charge < -0.3 is 9.64 Å². The fraction of sp³-hybridized carbons (Fsp3) is 0.636. The van der Waals surface area contributed by atoms with Crippen molar-refractivity contribution in [1.29, 1.82) is 0 Å². The standard InChI is InChI=1S/C11H15ClN4O3/c1-7-13-9(12)8(16(17)18)10(14-7)15-4-5-19-11(2,3)6-15/h4-6H2,1-3H3. The van der Waals surface area contributed by atoms with E-state index < -0.39 is 4.92 Å². The van der Waals surface area contributed by atoms with E-state index in [1.165, 1.54) is 0 Å². The van der Waals surface area contributed by atoms with Crippen LogP contribution in [-0.2, 0) is 4.74 Å². The molecule has 1 aliphatic rings. The van der Waals surface area contributed by atoms with Crippen LogP contribution in [0.2, 0.25) is 5.15 Å². The fourth-order valence-corrected chi connectivity index (χ4v) is 2.37. The Kier molecular flexibility index (Phi) is 3.60. The highest BCUT2D eigenvalue weighted by atomic mass is 35.5. The highest BCUT2D eigenvalue weighted by molar-refractivity contribution is 6.31. The molecule has 0 N–H and O–H groups in total. The fourth-order valence-electron chi connectivity index (χ4n) is 2.09. The van der Waals surface area contributed by atoms with Gasteiger partial charge in [0.05, 0.1) is 17.1 Å². The van der Waals surface area contributed by atoms with Crippen LogP contribution in [0.1, 0.15) is 19.7 Å². The molecule has 0 aliphatic carbocycles. The first-order valence-corrected chi connectivity index (χ1v) is 6.25. The highest BCUT2D eigenvalue weighted by Gasteiger charge is 2.33. The molecule has 0 aromatic carbocycles. The van der Waals surface area contributed by atoms with Gasteiger partial charge in [-0.2, -0.15) is 0 Å². The Bertz CT molecular complexity index is 521. The van der Waals surface area contributed by atoms with E-state index in [9.17, 15) is 10.1 Å². The molecule has 0 atom stereocenters. The summed E-state index contributed by atoms with van der Waals surface area (Å²) in [6.07, 6.45) is 0. The van der Waals surface area contributed by atoms with E-state index in [-0.39, 0.29) is 22.3 Å². The third kappa shape index (κ3) is 2.93. The minimum Gasteiger partial charge on any atom is -0.372 e. The minimum absolute atomic E-state index is 0.128. The van der Waals surface area contributed by atoms with Crippen molar-refractivity contribution in [3.8, 4) is 0 Å². The minimum atomic E-state index is -0.542. The molecule has 0 spiro atoms. The maximum Gasteiger partial charge on any atom is 0.348 e. The quantitative estimate of drug-likeness (QED) is 0.470. The van der Waals surface area contributed by atoms with Crippen molar-refractivity contribution in [2.24, 2.45) is 0 Å². The SMILES string of the molecule is Cc1nc(Cl)c([N+](=O)[O-])c(N2CCOC(C)(C)C2)n1. The summed E-state index contributed by atoms with van der Waals surface area (Å²) in [7, 11) is 0. The van der Waals surface area contributed by atoms with Crippen LogP contribution in [-0.4, -0.2) is 40.2 Å². The van der Waals surface area contributed by atoms with E-state index in [1.807, 2.05) is 18.7 Å². The smallest absolute Gasteiger partial charge is 0.348 e. The lowest BCUT2D eigenvalue weighted by Gasteiger charge is -2.38. The van der Waals surface area contributed by atoms with Crippen molar-refractivity contribution >= 4 is 23.1 Å². The summed E-state index contributed by atoms with van der Waals surface area (Å²) < 4.78 is 5.59. The average Bonchev–Trinajstić information content (AvgIpc) is 2.25. The zero-order valence-electron chi connectivity index (χ0n) is 11.0. The first-order valence-electron chi connectivity index (χ1n) is 5.87. The maximum atomic E-state index is 11.1. The van der Waals surface area contributed by atoms with Crippen molar-refractivity contribution in [3.63, 3.8) is 0 Å². The van der Waals surface area contributed by atoms with Crippen LogP contribution in [0.15, 0.2) is 0 Å². The Labute approximate surface area is 115 Å². The van der Waals surface area contributed by atoms with E-state index in [0.29, 0.717) is 25.5 Å². The molecule has 0 amide bonds. The summed E-state index contributed by atoms with van der Waals surface area (Å²) in [5.74, 6) is 0.675. The Morgan fingerprint density at radius 1 is 1.47 bits per heavy atom. The molecule has 104 valence electrons. The number of aryl methyl sites for hydroxylation is 1. The van der Waals surface area contributed by atoms with Gasteiger partial charge in [-0.25, -0.2) is 9.97 Å². The van der Waals surface area contributed by atoms with Crippen molar-refractivity contribution < 1.29 is 9.66 Å². The predicted octanol–water partition coefficient (Wildman–Crippen LogP) is 1.96. The largest absolute Gasteiger partial charge is 0.372 e. The lowest BCUT2D eigenvalue weighted by molar-refractivity contribution is -0.384. The summed E-state index contributed by atoms with van der Waals surface area (Å²) in [4.78, 5) is 20.4. The first-order chi connectivity index (χ1) is 8.80. The van der Waals surface area contributed by atoms with Crippen LogP contribution in [0.5, 0.6) is 0 Å². The van der Waals surface area contributed by atoms with E-state index >= 15 is 0 Å². The van der Waals surface area contributed by atoms with Crippen LogP contribution >= 0.6 is 11.6 Å². The van der Waals surface area contributed by atoms with Crippen LogP contribution in [0.3, 0.4) is 0 Å². The molecule has 2 rings (SSSR count). The lowest BCUT2D eigenvalue weighted by atomic mass is 10.1. The van der Waals surface area contributed by atoms with E-state index in [2.05, 4.69) is 9.97 Å². The molecule has 1 aromatic heterocycles. The third-order valence-corrected chi connectivity index (χ3v) is 3.11. The van der Waals surface area contributed by atoms with Crippen molar-refractivity contribution in [3.05, 3.63) is 21.1 Å². The number of nitrogens with zero attached hydrogens (tertiary/aromatic N) is 4. The number of morpholine rings is 1. The number of ether oxygens (including phenoxy) is 1. The number of anilines is 1. The van der Waals surface area contributed by atoms with Gasteiger partial charge in [-0.3, -0.25) is 10.1 Å². The second-order valence-electron chi connectivity index (χ2n) is 5.02. The Morgan fingerprint density at radius 3 is 2.74 bits per heavy atom. The molecule has 8 heteroatoms. The van der Waals surface area contributed by atoms with E-state index in [4.69, 9.17) is 16.3 Å². The van der Waals surface area contributed by atoms with E-state index in [0.717, 1.165) is 0 Å². The molecule has 1 fully saturated rings. The average molecular weight is 287 g/mol. The van der Waals surface area contributed by atoms with Crippen LogP contribution in [0.25, 0.3) is 0 Å². The topological polar surface area (TPSA) is 81.4 Å². The zero-order valence-corrected chi connectivity index (χ0v) is 11.8. The molecular formula is C11H15ClN4O3. The van der Waals surface area contributed by atoms with Gasteiger partial charge >= 0.3 is 5.69 Å². The van der Waals surface area contributed by atoms with Crippen molar-refractivity contribution in [2.75, 3.05) is 24.6 Å². The van der Waals surface area contributed by atoms with Gasteiger partial charge in [-0.15, -0.1) is 0 Å². The van der Waals surface area contributed by atoms with Crippen LogP contribution in [0, 0.1) is 17.0 Å². The van der Waals surface area contributed by atoms with Crippen molar-refractivity contribution in [1.82, 2.24) is 9.97 Å². The monoisotopic (exact) mass is 286 g/mol. The van der Waals surface area contributed by atoms with Gasteiger partial charge in [0, 0.05) is 13.1 Å². The van der Waals surface area contributed by atoms with Crippen LogP contribution < -0.4 is 4.90 Å². The van der Waals surface area contributed by atoms with Crippen LogP contribution in [0.4, 0.5) is 11.5 Å². The number of nitro groups is 1. The first kappa shape index (κ1) is 14.0. The molecule has 2 heterocycles. The molecule has 0 radical (unpaired) electrons. The molecule has 1 aromatic rings. The molecule has 1 aliphatic heterocycles. The molecule has 0 saturated carbocycles. The summed E-state index contributed by atoms with van der Waals surface area (Å²) >= 11 is 5.87. The normalized spacial score (nSPS) is 18.4. The zero-order chi connectivity index (χ0) is 14.2. The van der Waals surface area contributed by atoms with Gasteiger partial charge in [0.2, 0.25) is 11.0 Å². The lowest BCUT2D eigenvalue weighted by Crippen LogP contribution is -2.48. The molecule has 1 saturated heterocycles. The van der Waals surface area contributed by atoms with Gasteiger partial charge in [-0.05, 0) is 20.8 Å². The summed E-state index contributed by atoms with van der Waals surface area (Å²) in [6.45, 7) is 7.06. The molecular weight excluding hydrogens is 272 g/mol. The Morgan fingerprint density at radius 2 is 2.16 bits per heavy atom. The molecule has 0 bridgehead atoms. The second kappa shape index (κ2) is 4.90. The summed E-state index contributed by atoms with van der Waals surface area (Å²) in [6, 6.07) is 0. The highest BCUT2D eigenvalue weighted by Crippen LogP contribution is 2.34. The predicted molar refractivity (Wildman–Crippen MR) is 70.7 cm³/mol.